The minimum Gasteiger partial charge on any atom is -0.324 e. The van der Waals surface area contributed by atoms with Crippen molar-refractivity contribution in [3.05, 3.63) is 60.3 Å². The fourth-order valence-electron chi connectivity index (χ4n) is 3.30. The molecular formula is C14H12N4. The van der Waals surface area contributed by atoms with Gasteiger partial charge in [0, 0.05) is 30.4 Å². The van der Waals surface area contributed by atoms with E-state index in [0.29, 0.717) is 18.2 Å². The van der Waals surface area contributed by atoms with Gasteiger partial charge in [-0.2, -0.15) is 0 Å². The Morgan fingerprint density at radius 1 is 1.22 bits per heavy atom. The Kier molecular flexibility index (Phi) is 1.41. The highest BCUT2D eigenvalue weighted by Crippen LogP contribution is 2.49. The fraction of sp³-hybridized carbons (Fsp3) is 0.214. The fourth-order valence-corrected chi connectivity index (χ4v) is 3.30. The first kappa shape index (κ1) is 8.94. The third kappa shape index (κ3) is 0.934. The monoisotopic (exact) mass is 236 g/mol. The third-order valence-corrected chi connectivity index (χ3v) is 4.15. The summed E-state index contributed by atoms with van der Waals surface area (Å²) in [4.78, 5) is 8.97. The number of allylic oxidation sites excluding steroid dienone is 3. The quantitative estimate of drug-likeness (QED) is 0.693. The van der Waals surface area contributed by atoms with E-state index in [2.05, 4.69) is 56.8 Å². The molecular weight excluding hydrogens is 224 g/mol. The highest BCUT2D eigenvalue weighted by atomic mass is 15.5. The number of hydrogen-bond acceptors (Lipinski definition) is 4. The average molecular weight is 236 g/mol. The Balaban J connectivity index is 1.71. The lowest BCUT2D eigenvalue weighted by Crippen LogP contribution is -2.44. The predicted molar refractivity (Wildman–Crippen MR) is 68.4 cm³/mol. The second kappa shape index (κ2) is 2.84. The second-order valence-electron chi connectivity index (χ2n) is 5.09. The van der Waals surface area contributed by atoms with Crippen LogP contribution in [-0.2, 0) is 0 Å². The zero-order chi connectivity index (χ0) is 11.7. The Bertz CT molecular complexity index is 630. The molecule has 1 fully saturated rings. The molecule has 1 aromatic heterocycles. The van der Waals surface area contributed by atoms with Crippen molar-refractivity contribution in [3.63, 3.8) is 0 Å². The van der Waals surface area contributed by atoms with Gasteiger partial charge in [0.1, 0.15) is 6.17 Å². The van der Waals surface area contributed by atoms with Crippen LogP contribution in [0.2, 0.25) is 0 Å². The molecule has 0 aromatic carbocycles. The average Bonchev–Trinajstić information content (AvgIpc) is 3.13. The normalized spacial score (nSPS) is 33.6. The molecule has 1 saturated heterocycles. The maximum Gasteiger partial charge on any atom is 0.127 e. The number of aromatic nitrogens is 1. The molecule has 4 aliphatic rings. The Labute approximate surface area is 105 Å². The second-order valence-corrected chi connectivity index (χ2v) is 5.09. The lowest BCUT2D eigenvalue weighted by Gasteiger charge is -2.35. The van der Waals surface area contributed by atoms with Gasteiger partial charge in [-0.25, -0.2) is 0 Å². The van der Waals surface area contributed by atoms with Crippen LogP contribution in [0.4, 0.5) is 5.69 Å². The number of pyridine rings is 1. The van der Waals surface area contributed by atoms with Crippen molar-refractivity contribution in [1.82, 2.24) is 15.2 Å². The molecule has 3 atom stereocenters. The van der Waals surface area contributed by atoms with E-state index >= 15 is 0 Å². The SMILES string of the molecule is C1=CC2=CN3c4ccncc4C4NC4C3N2C=C1. The van der Waals surface area contributed by atoms with Gasteiger partial charge in [0.25, 0.3) is 0 Å². The van der Waals surface area contributed by atoms with Crippen LogP contribution in [0.5, 0.6) is 0 Å². The van der Waals surface area contributed by atoms with Gasteiger partial charge < -0.3 is 15.1 Å². The lowest BCUT2D eigenvalue weighted by molar-refractivity contribution is 0.361. The van der Waals surface area contributed by atoms with Crippen molar-refractivity contribution < 1.29 is 0 Å². The van der Waals surface area contributed by atoms with Crippen LogP contribution < -0.4 is 10.2 Å². The first-order valence-corrected chi connectivity index (χ1v) is 6.27. The van der Waals surface area contributed by atoms with Gasteiger partial charge in [-0.1, -0.05) is 6.08 Å². The standard InChI is InChI=1S/C14H12N4/c1-2-6-17-9(3-1)8-18-11-4-5-15-7-10(11)12-13(16-12)14(17)18/h1-8,12-14,16H. The molecule has 0 spiro atoms. The van der Waals surface area contributed by atoms with Gasteiger partial charge in [0.05, 0.1) is 23.5 Å². The molecule has 3 unspecified atom stereocenters. The highest BCUT2D eigenvalue weighted by molar-refractivity contribution is 5.65. The van der Waals surface area contributed by atoms with E-state index in [9.17, 15) is 0 Å². The number of anilines is 1. The van der Waals surface area contributed by atoms with Crippen LogP contribution >= 0.6 is 0 Å². The van der Waals surface area contributed by atoms with Gasteiger partial charge >= 0.3 is 0 Å². The molecule has 4 nitrogen and oxygen atoms in total. The van der Waals surface area contributed by atoms with Gasteiger partial charge in [-0.3, -0.25) is 4.98 Å². The summed E-state index contributed by atoms with van der Waals surface area (Å²) >= 11 is 0. The summed E-state index contributed by atoms with van der Waals surface area (Å²) in [5.74, 6) is 0. The number of fused-ring (bicyclic) bond motifs is 8. The van der Waals surface area contributed by atoms with Crippen LogP contribution in [0.25, 0.3) is 0 Å². The van der Waals surface area contributed by atoms with E-state index in [-0.39, 0.29) is 0 Å². The van der Waals surface area contributed by atoms with Crippen molar-refractivity contribution in [3.8, 4) is 0 Å². The van der Waals surface area contributed by atoms with Gasteiger partial charge in [0.2, 0.25) is 0 Å². The van der Waals surface area contributed by atoms with Gasteiger partial charge in [-0.05, 0) is 18.2 Å². The number of nitrogens with zero attached hydrogens (tertiary/aromatic N) is 3. The summed E-state index contributed by atoms with van der Waals surface area (Å²) in [7, 11) is 0. The topological polar surface area (TPSA) is 41.3 Å². The molecule has 0 aliphatic carbocycles. The van der Waals surface area contributed by atoms with Gasteiger partial charge in [-0.15, -0.1) is 0 Å². The molecule has 1 N–H and O–H groups in total. The van der Waals surface area contributed by atoms with Crippen molar-refractivity contribution in [1.29, 1.82) is 0 Å². The van der Waals surface area contributed by atoms with Crippen LogP contribution in [0.1, 0.15) is 11.6 Å². The Morgan fingerprint density at radius 3 is 3.22 bits per heavy atom. The molecule has 88 valence electrons. The van der Waals surface area contributed by atoms with E-state index in [4.69, 9.17) is 0 Å². The van der Waals surface area contributed by atoms with E-state index in [0.717, 1.165) is 0 Å². The minimum absolute atomic E-state index is 0.376. The van der Waals surface area contributed by atoms with Crippen LogP contribution in [0.15, 0.2) is 54.8 Å². The molecule has 1 aromatic rings. The summed E-state index contributed by atoms with van der Waals surface area (Å²) in [5, 5.41) is 3.58. The largest absolute Gasteiger partial charge is 0.324 e. The summed E-state index contributed by atoms with van der Waals surface area (Å²) in [6.07, 6.45) is 15.0. The van der Waals surface area contributed by atoms with Crippen molar-refractivity contribution >= 4 is 5.69 Å². The maximum absolute atomic E-state index is 4.25. The summed E-state index contributed by atoms with van der Waals surface area (Å²) in [6, 6.07) is 3.09. The van der Waals surface area contributed by atoms with E-state index < -0.39 is 0 Å². The minimum atomic E-state index is 0.376. The van der Waals surface area contributed by atoms with Crippen LogP contribution in [0, 0.1) is 0 Å². The van der Waals surface area contributed by atoms with Crippen LogP contribution in [-0.4, -0.2) is 22.1 Å². The molecule has 5 rings (SSSR count). The summed E-state index contributed by atoms with van der Waals surface area (Å²) in [6.45, 7) is 0. The molecule has 0 radical (unpaired) electrons. The molecule has 5 heterocycles. The number of hydrogen-bond donors (Lipinski definition) is 1. The Morgan fingerprint density at radius 2 is 2.22 bits per heavy atom. The lowest BCUT2D eigenvalue weighted by atomic mass is 10.0. The number of rotatable bonds is 0. The maximum atomic E-state index is 4.25. The highest BCUT2D eigenvalue weighted by Gasteiger charge is 2.55. The van der Waals surface area contributed by atoms with E-state index in [1.807, 2.05) is 12.4 Å². The van der Waals surface area contributed by atoms with Gasteiger partial charge in [0.15, 0.2) is 0 Å². The smallest absolute Gasteiger partial charge is 0.127 e. The van der Waals surface area contributed by atoms with Crippen molar-refractivity contribution in [2.75, 3.05) is 4.90 Å². The number of nitrogens with one attached hydrogen (secondary N) is 1. The van der Waals surface area contributed by atoms with Crippen LogP contribution in [0.3, 0.4) is 0 Å². The molecule has 4 aliphatic heterocycles. The van der Waals surface area contributed by atoms with Crippen molar-refractivity contribution in [2.24, 2.45) is 0 Å². The molecule has 0 saturated carbocycles. The third-order valence-electron chi connectivity index (χ3n) is 4.15. The summed E-state index contributed by atoms with van der Waals surface area (Å²) < 4.78 is 0. The van der Waals surface area contributed by atoms with E-state index in [1.165, 1.54) is 16.9 Å². The predicted octanol–water partition coefficient (Wildman–Crippen LogP) is 1.48. The zero-order valence-corrected chi connectivity index (χ0v) is 9.69. The molecule has 0 amide bonds. The Hall–Kier alpha value is -2.07. The molecule has 0 bridgehead atoms. The van der Waals surface area contributed by atoms with E-state index in [1.54, 1.807) is 0 Å². The zero-order valence-electron chi connectivity index (χ0n) is 9.69. The first-order valence-electron chi connectivity index (χ1n) is 6.27. The van der Waals surface area contributed by atoms with Crippen molar-refractivity contribution in [2.45, 2.75) is 18.2 Å². The molecule has 18 heavy (non-hydrogen) atoms. The summed E-state index contributed by atoms with van der Waals surface area (Å²) in [5.41, 5.74) is 3.87. The molecule has 4 heteroatoms. The first-order chi connectivity index (χ1) is 8.93.